The largest absolute Gasteiger partial charge is 0.129 e. The van der Waals surface area contributed by atoms with Crippen LogP contribution < -0.4 is 0 Å². The molecule has 0 bridgehead atoms. The fraction of sp³-hybridized carbons (Fsp3) is 0.273. The van der Waals surface area contributed by atoms with Crippen molar-refractivity contribution >= 4 is 39.9 Å². The molecule has 0 radical (unpaired) electrons. The van der Waals surface area contributed by atoms with Crippen LogP contribution in [0.1, 0.15) is 5.56 Å². The number of hydrogen-bond donors (Lipinski definition) is 0. The molecule has 0 unspecified atom stereocenters. The third kappa shape index (κ3) is 3.99. The van der Waals surface area contributed by atoms with E-state index in [1.54, 1.807) is 0 Å². The minimum Gasteiger partial charge on any atom is -0.127 e. The minimum atomic E-state index is -1.28. The van der Waals surface area contributed by atoms with Gasteiger partial charge in [0, 0.05) is 14.5 Å². The minimum absolute atomic E-state index is 1.06. The van der Waals surface area contributed by atoms with Gasteiger partial charge in [0.05, 0.1) is 0 Å². The van der Waals surface area contributed by atoms with Crippen LogP contribution in [-0.2, 0) is 0 Å². The summed E-state index contributed by atoms with van der Waals surface area (Å²) in [5.41, 5.74) is 4.40. The highest BCUT2D eigenvalue weighted by Crippen LogP contribution is 2.20. The van der Waals surface area contributed by atoms with Gasteiger partial charge in [-0.1, -0.05) is 41.5 Å². The van der Waals surface area contributed by atoms with E-state index in [0.29, 0.717) is 0 Å². The van der Waals surface area contributed by atoms with Gasteiger partial charge in [0.25, 0.3) is 0 Å². The SMILES string of the molecule is C[Si](C)(C)C#Cc1cc(Br)ccc1Br. The molecule has 0 saturated carbocycles. The molecule has 74 valence electrons. The van der Waals surface area contributed by atoms with Crippen LogP contribution in [0.4, 0.5) is 0 Å². The highest BCUT2D eigenvalue weighted by atomic mass is 79.9. The fourth-order valence-electron chi connectivity index (χ4n) is 0.848. The Hall–Kier alpha value is -0.0431. The summed E-state index contributed by atoms with van der Waals surface area (Å²) >= 11 is 6.93. The van der Waals surface area contributed by atoms with Crippen LogP contribution in [0.2, 0.25) is 19.6 Å². The van der Waals surface area contributed by atoms with Crippen molar-refractivity contribution in [1.29, 1.82) is 0 Å². The zero-order chi connectivity index (χ0) is 10.8. The maximum Gasteiger partial charge on any atom is 0.129 e. The highest BCUT2D eigenvalue weighted by Gasteiger charge is 2.07. The second kappa shape index (κ2) is 4.65. The lowest BCUT2D eigenvalue weighted by molar-refractivity contribution is 1.55. The Labute approximate surface area is 103 Å². The van der Waals surface area contributed by atoms with Gasteiger partial charge in [0.2, 0.25) is 0 Å². The Morgan fingerprint density at radius 3 is 2.36 bits per heavy atom. The van der Waals surface area contributed by atoms with Crippen LogP contribution in [0, 0.1) is 11.5 Å². The van der Waals surface area contributed by atoms with E-state index >= 15 is 0 Å². The summed E-state index contributed by atoms with van der Waals surface area (Å²) in [6.45, 7) is 6.73. The predicted molar refractivity (Wildman–Crippen MR) is 72.1 cm³/mol. The maximum atomic E-state index is 3.49. The van der Waals surface area contributed by atoms with E-state index in [0.717, 1.165) is 14.5 Å². The lowest BCUT2D eigenvalue weighted by Crippen LogP contribution is -2.16. The summed E-state index contributed by atoms with van der Waals surface area (Å²) in [4.78, 5) is 0. The van der Waals surface area contributed by atoms with Gasteiger partial charge in [-0.2, -0.15) is 0 Å². The molecule has 0 heterocycles. The lowest BCUT2D eigenvalue weighted by Gasteiger charge is -2.04. The summed E-state index contributed by atoms with van der Waals surface area (Å²) in [6.07, 6.45) is 0. The van der Waals surface area contributed by atoms with Gasteiger partial charge in [0.1, 0.15) is 8.07 Å². The number of halogens is 2. The van der Waals surface area contributed by atoms with Crippen molar-refractivity contribution < 1.29 is 0 Å². The maximum absolute atomic E-state index is 3.49. The fourth-order valence-corrected chi connectivity index (χ4v) is 2.06. The molecule has 1 aromatic rings. The molecule has 0 N–H and O–H groups in total. The smallest absolute Gasteiger partial charge is 0.127 e. The molecule has 3 heteroatoms. The van der Waals surface area contributed by atoms with Crippen molar-refractivity contribution in [1.82, 2.24) is 0 Å². The van der Waals surface area contributed by atoms with E-state index in [9.17, 15) is 0 Å². The Morgan fingerprint density at radius 1 is 1.14 bits per heavy atom. The molecule has 14 heavy (non-hydrogen) atoms. The van der Waals surface area contributed by atoms with Crippen LogP contribution in [0.5, 0.6) is 0 Å². The lowest BCUT2D eigenvalue weighted by atomic mass is 10.2. The van der Waals surface area contributed by atoms with Crippen LogP contribution in [0.25, 0.3) is 0 Å². The first kappa shape index (κ1) is 12.0. The summed E-state index contributed by atoms with van der Waals surface area (Å²) < 4.78 is 2.13. The molecule has 0 aromatic heterocycles. The molecule has 0 aliphatic heterocycles. The molecule has 0 nitrogen and oxygen atoms in total. The molecule has 0 amide bonds. The van der Waals surface area contributed by atoms with Crippen molar-refractivity contribution in [3.63, 3.8) is 0 Å². The van der Waals surface area contributed by atoms with Gasteiger partial charge < -0.3 is 0 Å². The van der Waals surface area contributed by atoms with E-state index in [1.807, 2.05) is 18.2 Å². The molecular weight excluding hydrogens is 320 g/mol. The zero-order valence-corrected chi connectivity index (χ0v) is 12.7. The molecule has 0 fully saturated rings. The Morgan fingerprint density at radius 2 is 1.79 bits per heavy atom. The molecule has 0 saturated heterocycles. The van der Waals surface area contributed by atoms with Gasteiger partial charge >= 0.3 is 0 Å². The number of hydrogen-bond acceptors (Lipinski definition) is 0. The zero-order valence-electron chi connectivity index (χ0n) is 8.49. The normalized spacial score (nSPS) is 10.6. The van der Waals surface area contributed by atoms with Crippen LogP contribution in [-0.4, -0.2) is 8.07 Å². The van der Waals surface area contributed by atoms with Gasteiger partial charge in [-0.3, -0.25) is 0 Å². The van der Waals surface area contributed by atoms with E-state index in [1.165, 1.54) is 0 Å². The van der Waals surface area contributed by atoms with Crippen LogP contribution >= 0.6 is 31.9 Å². The molecule has 0 aliphatic rings. The summed E-state index contributed by atoms with van der Waals surface area (Å²) in [7, 11) is -1.28. The second-order valence-electron chi connectivity index (χ2n) is 4.12. The second-order valence-corrected chi connectivity index (χ2v) is 10.6. The van der Waals surface area contributed by atoms with E-state index < -0.39 is 8.07 Å². The first-order valence-corrected chi connectivity index (χ1v) is 9.45. The van der Waals surface area contributed by atoms with Crippen molar-refractivity contribution in [2.75, 3.05) is 0 Å². The van der Waals surface area contributed by atoms with Crippen molar-refractivity contribution in [3.8, 4) is 11.5 Å². The van der Waals surface area contributed by atoms with E-state index in [2.05, 4.69) is 63.0 Å². The van der Waals surface area contributed by atoms with Crippen LogP contribution in [0.15, 0.2) is 27.1 Å². The predicted octanol–water partition coefficient (Wildman–Crippen LogP) is 4.44. The Bertz CT molecular complexity index is 394. The van der Waals surface area contributed by atoms with Crippen molar-refractivity contribution in [2.24, 2.45) is 0 Å². The van der Waals surface area contributed by atoms with Crippen LogP contribution in [0.3, 0.4) is 0 Å². The van der Waals surface area contributed by atoms with Gasteiger partial charge in [-0.15, -0.1) is 5.54 Å². The van der Waals surface area contributed by atoms with Gasteiger partial charge in [-0.05, 0) is 34.1 Å². The molecule has 0 aliphatic carbocycles. The standard InChI is InChI=1S/C11H12Br2Si/c1-14(2,3)7-6-9-8-10(12)4-5-11(9)13/h4-5,8H,1-3H3. The summed E-state index contributed by atoms with van der Waals surface area (Å²) in [5, 5.41) is 0. The third-order valence-corrected chi connectivity index (χ3v) is 3.56. The number of benzene rings is 1. The third-order valence-electron chi connectivity index (χ3n) is 1.50. The molecule has 0 spiro atoms. The molecule has 1 rings (SSSR count). The topological polar surface area (TPSA) is 0 Å². The Balaban J connectivity index is 3.06. The van der Waals surface area contributed by atoms with Gasteiger partial charge in [0.15, 0.2) is 0 Å². The quantitative estimate of drug-likeness (QED) is 0.487. The monoisotopic (exact) mass is 330 g/mol. The van der Waals surface area contributed by atoms with Crippen molar-refractivity contribution in [3.05, 3.63) is 32.7 Å². The first-order chi connectivity index (χ1) is 6.38. The molecule has 0 atom stereocenters. The average molecular weight is 332 g/mol. The highest BCUT2D eigenvalue weighted by molar-refractivity contribution is 9.11. The van der Waals surface area contributed by atoms with Crippen molar-refractivity contribution in [2.45, 2.75) is 19.6 Å². The average Bonchev–Trinajstić information content (AvgIpc) is 2.05. The number of rotatable bonds is 0. The van der Waals surface area contributed by atoms with E-state index in [-0.39, 0.29) is 0 Å². The summed E-state index contributed by atoms with van der Waals surface area (Å²) in [6, 6.07) is 6.05. The van der Waals surface area contributed by atoms with E-state index in [4.69, 9.17) is 0 Å². The van der Waals surface area contributed by atoms with Gasteiger partial charge in [-0.25, -0.2) is 0 Å². The summed E-state index contributed by atoms with van der Waals surface area (Å²) in [5.74, 6) is 3.23. The first-order valence-electron chi connectivity index (χ1n) is 4.37. The Kier molecular flexibility index (Phi) is 4.00. The molecule has 1 aromatic carbocycles. The molecular formula is C11H12Br2Si.